The Morgan fingerprint density at radius 2 is 1.81 bits per heavy atom. The van der Waals surface area contributed by atoms with E-state index in [0.717, 1.165) is 34.6 Å². The Bertz CT molecular complexity index is 1750. The number of ether oxygens (including phenoxy) is 4. The second-order valence-corrected chi connectivity index (χ2v) is 15.4. The predicted molar refractivity (Wildman–Crippen MR) is 177 cm³/mol. The quantitative estimate of drug-likeness (QED) is 0.233. The smallest absolute Gasteiger partial charge is 0.430 e. The number of aromatic nitrogens is 1. The van der Waals surface area contributed by atoms with Gasteiger partial charge in [0.25, 0.3) is 10.0 Å². The highest BCUT2D eigenvalue weighted by Crippen LogP contribution is 2.36. The van der Waals surface area contributed by atoms with Gasteiger partial charge in [-0.15, -0.1) is 15.6 Å². The van der Waals surface area contributed by atoms with E-state index in [4.69, 9.17) is 30.5 Å². The number of carbonyl (C=O) groups is 2. The molecule has 1 aromatic heterocycles. The molecule has 0 fully saturated rings. The average molecular weight is 710 g/mol. The lowest BCUT2D eigenvalue weighted by Crippen LogP contribution is -2.48. The zero-order chi connectivity index (χ0) is 34.7. The first-order chi connectivity index (χ1) is 21.9. The molecule has 11 nitrogen and oxygen atoms in total. The van der Waals surface area contributed by atoms with Crippen molar-refractivity contribution in [3.63, 3.8) is 0 Å². The van der Waals surface area contributed by atoms with Crippen LogP contribution < -0.4 is 13.8 Å². The summed E-state index contributed by atoms with van der Waals surface area (Å²) in [7, 11) is -3.34. The summed E-state index contributed by atoms with van der Waals surface area (Å²) in [4.78, 5) is 30.9. The predicted octanol–water partition coefficient (Wildman–Crippen LogP) is 7.55. The van der Waals surface area contributed by atoms with E-state index in [9.17, 15) is 18.0 Å². The summed E-state index contributed by atoms with van der Waals surface area (Å²) in [6.45, 7) is 10.1. The summed E-state index contributed by atoms with van der Waals surface area (Å²) in [5.74, 6) is -1.07. The first kappa shape index (κ1) is 36.0. The number of anilines is 1. The maximum absolute atomic E-state index is 15.7. The van der Waals surface area contributed by atoms with Gasteiger partial charge >= 0.3 is 12.2 Å². The van der Waals surface area contributed by atoms with Crippen molar-refractivity contribution in [3.8, 4) is 11.5 Å². The maximum atomic E-state index is 15.7. The van der Waals surface area contributed by atoms with Crippen molar-refractivity contribution in [2.45, 2.75) is 70.1 Å². The van der Waals surface area contributed by atoms with Gasteiger partial charge in [-0.2, -0.15) is 0 Å². The Morgan fingerprint density at radius 1 is 1.11 bits per heavy atom. The molecule has 15 heteroatoms. The lowest BCUT2D eigenvalue weighted by Gasteiger charge is -2.37. The maximum Gasteiger partial charge on any atom is 0.430 e. The fourth-order valence-electron chi connectivity index (χ4n) is 4.66. The minimum atomic E-state index is -4.89. The van der Waals surface area contributed by atoms with Crippen LogP contribution in [0.1, 0.15) is 53.5 Å². The van der Waals surface area contributed by atoms with Crippen LogP contribution in [-0.4, -0.2) is 68.0 Å². The summed E-state index contributed by atoms with van der Waals surface area (Å²) < 4.78 is 65.7. The van der Waals surface area contributed by atoms with Crippen LogP contribution >= 0.6 is 22.9 Å². The highest BCUT2D eigenvalue weighted by Gasteiger charge is 2.39. The van der Waals surface area contributed by atoms with Crippen LogP contribution in [0.5, 0.6) is 11.5 Å². The number of methoxy groups -OCH3 is 1. The van der Waals surface area contributed by atoms with Crippen molar-refractivity contribution < 1.29 is 41.3 Å². The van der Waals surface area contributed by atoms with Gasteiger partial charge in [0, 0.05) is 18.0 Å². The van der Waals surface area contributed by atoms with Crippen LogP contribution in [0.4, 0.5) is 19.8 Å². The van der Waals surface area contributed by atoms with Crippen LogP contribution in [0.2, 0.25) is 5.02 Å². The number of sulfonamides is 1. The molecule has 2 aromatic carbocycles. The molecule has 0 N–H and O–H groups in total. The molecule has 1 atom stereocenters. The number of thiazole rings is 1. The minimum absolute atomic E-state index is 0.180. The second kappa shape index (κ2) is 14.1. The molecule has 0 bridgehead atoms. The summed E-state index contributed by atoms with van der Waals surface area (Å²) in [6.07, 6.45) is 0.682. The largest absolute Gasteiger partial charge is 0.497 e. The van der Waals surface area contributed by atoms with Crippen molar-refractivity contribution in [1.82, 2.24) is 9.88 Å². The van der Waals surface area contributed by atoms with Gasteiger partial charge in [-0.05, 0) is 77.3 Å². The Hall–Kier alpha value is -3.88. The minimum Gasteiger partial charge on any atom is -0.497 e. The topological polar surface area (TPSA) is 125 Å². The molecule has 0 saturated carbocycles. The van der Waals surface area contributed by atoms with Gasteiger partial charge in [-0.25, -0.2) is 27.4 Å². The molecule has 2 amide bonds. The normalized spacial score (nSPS) is 15.5. The lowest BCUT2D eigenvalue weighted by molar-refractivity contribution is 0.0162. The molecule has 1 unspecified atom stereocenters. The van der Waals surface area contributed by atoms with Crippen molar-refractivity contribution >= 4 is 56.5 Å². The average Bonchev–Trinajstić information content (AvgIpc) is 3.49. The third-order valence-corrected chi connectivity index (χ3v) is 9.14. The first-order valence-corrected chi connectivity index (χ1v) is 17.3. The number of benzene rings is 2. The van der Waals surface area contributed by atoms with Crippen LogP contribution in [0.15, 0.2) is 58.3 Å². The molecular weight excluding hydrogens is 673 g/mol. The molecule has 1 aliphatic rings. The molecule has 0 aliphatic carbocycles. The van der Waals surface area contributed by atoms with E-state index in [0.29, 0.717) is 18.7 Å². The molecular formula is C32H37ClFN3O8S2. The Kier molecular flexibility index (Phi) is 10.8. The number of halogens is 2. The van der Waals surface area contributed by atoms with Gasteiger partial charge in [0.1, 0.15) is 40.0 Å². The fraction of sp³-hybridized carbons (Fsp3) is 0.406. The molecule has 47 heavy (non-hydrogen) atoms. The molecule has 254 valence electrons. The Morgan fingerprint density at radius 3 is 2.43 bits per heavy atom. The van der Waals surface area contributed by atoms with Crippen molar-refractivity contribution in [2.75, 3.05) is 24.6 Å². The van der Waals surface area contributed by atoms with E-state index in [1.54, 1.807) is 54.7 Å². The van der Waals surface area contributed by atoms with Crippen molar-refractivity contribution in [3.05, 3.63) is 69.8 Å². The van der Waals surface area contributed by atoms with E-state index < -0.39 is 50.2 Å². The fourth-order valence-corrected chi connectivity index (χ4v) is 6.88. The zero-order valence-corrected chi connectivity index (χ0v) is 29.5. The molecule has 0 saturated heterocycles. The summed E-state index contributed by atoms with van der Waals surface area (Å²) in [5.41, 5.74) is 1.02. The van der Waals surface area contributed by atoms with Gasteiger partial charge in [0.05, 0.1) is 23.7 Å². The number of hydrogen-bond acceptors (Lipinski definition) is 10. The molecule has 2 heterocycles. The lowest BCUT2D eigenvalue weighted by atomic mass is 9.93. The second-order valence-electron chi connectivity index (χ2n) is 12.5. The van der Waals surface area contributed by atoms with Crippen LogP contribution in [0.3, 0.4) is 0 Å². The summed E-state index contributed by atoms with van der Waals surface area (Å²) >= 11 is 7.52. The SMILES string of the molecule is COc1cccc(C2=CCCN(C(=O)OC(C)(C)C)C2COc2cc(F)c(S(=O)(=O)N(C(=O)OC(C)(C)C)c3cscn3)cc2Cl)c1. The summed E-state index contributed by atoms with van der Waals surface area (Å²) in [6, 6.07) is 8.28. The summed E-state index contributed by atoms with van der Waals surface area (Å²) in [5, 5.41) is 1.06. The highest BCUT2D eigenvalue weighted by atomic mass is 35.5. The zero-order valence-electron chi connectivity index (χ0n) is 27.1. The van der Waals surface area contributed by atoms with Crippen molar-refractivity contribution in [1.29, 1.82) is 0 Å². The first-order valence-electron chi connectivity index (χ1n) is 14.5. The van der Waals surface area contributed by atoms with E-state index in [1.807, 2.05) is 24.3 Å². The monoisotopic (exact) mass is 709 g/mol. The van der Waals surface area contributed by atoms with E-state index in [-0.39, 0.29) is 27.5 Å². The standard InChI is InChI=1S/C32H37ClFN3O8S2/c1-31(2,3)44-29(38)36-13-9-12-22(20-10-8-11-21(14-20)42-7)25(36)17-43-26-16-24(34)27(15-23(26)33)47(40,41)37(28-18-46-19-35-28)30(39)45-32(4,5)6/h8,10-12,14-16,18-19,25H,9,13,17H2,1-7H3. The van der Waals surface area contributed by atoms with Gasteiger partial charge in [-0.1, -0.05) is 29.8 Å². The van der Waals surface area contributed by atoms with Crippen LogP contribution in [0, 0.1) is 5.82 Å². The van der Waals surface area contributed by atoms with E-state index >= 15 is 4.39 Å². The van der Waals surface area contributed by atoms with Gasteiger partial charge < -0.3 is 18.9 Å². The van der Waals surface area contributed by atoms with Crippen LogP contribution in [0.25, 0.3) is 5.57 Å². The number of carbonyl (C=O) groups excluding carboxylic acids is 2. The van der Waals surface area contributed by atoms with Gasteiger partial charge in [-0.3, -0.25) is 4.90 Å². The van der Waals surface area contributed by atoms with E-state index in [1.165, 1.54) is 15.8 Å². The highest BCUT2D eigenvalue weighted by molar-refractivity contribution is 7.93. The van der Waals surface area contributed by atoms with Crippen molar-refractivity contribution in [2.24, 2.45) is 0 Å². The third-order valence-electron chi connectivity index (χ3n) is 6.59. The van der Waals surface area contributed by atoms with Gasteiger partial charge in [0.15, 0.2) is 5.82 Å². The number of nitrogens with zero attached hydrogens (tertiary/aromatic N) is 3. The molecule has 0 spiro atoms. The van der Waals surface area contributed by atoms with E-state index in [2.05, 4.69) is 4.98 Å². The molecule has 3 aromatic rings. The van der Waals surface area contributed by atoms with Crippen LogP contribution in [-0.2, 0) is 19.5 Å². The van der Waals surface area contributed by atoms with Gasteiger partial charge in [0.2, 0.25) is 0 Å². The molecule has 4 rings (SSSR count). The molecule has 1 aliphatic heterocycles. The number of hydrogen-bond donors (Lipinski definition) is 0. The molecule has 0 radical (unpaired) electrons. The third kappa shape index (κ3) is 8.73. The number of amides is 2. The number of rotatable bonds is 8. The Balaban J connectivity index is 1.68. The Labute approximate surface area is 282 Å².